The Bertz CT molecular complexity index is 730. The minimum Gasteiger partial charge on any atom is -0.493 e. The maximum absolute atomic E-state index is 12.9. The van der Waals surface area contributed by atoms with Crippen molar-refractivity contribution in [2.45, 2.75) is 6.92 Å². The molecule has 2 rings (SSSR count). The SMILES string of the molecule is COc1cc(/C=N\N=C(\C)c2ccc(F)cc2)cc(OC)c1OC. The third kappa shape index (κ3) is 4.10. The van der Waals surface area contributed by atoms with Crippen LogP contribution in [0.25, 0.3) is 0 Å². The van der Waals surface area contributed by atoms with E-state index in [1.807, 2.05) is 0 Å². The molecule has 0 fully saturated rings. The molecule has 0 aromatic heterocycles. The van der Waals surface area contributed by atoms with Gasteiger partial charge in [0.1, 0.15) is 5.82 Å². The van der Waals surface area contributed by atoms with Crippen LogP contribution in [-0.2, 0) is 0 Å². The third-order valence-electron chi connectivity index (χ3n) is 3.36. The average Bonchev–Trinajstić information content (AvgIpc) is 2.61. The number of hydrogen-bond acceptors (Lipinski definition) is 5. The number of nitrogens with zero attached hydrogens (tertiary/aromatic N) is 2. The predicted molar refractivity (Wildman–Crippen MR) is 92.3 cm³/mol. The molecule has 2 aromatic carbocycles. The molecule has 24 heavy (non-hydrogen) atoms. The molecule has 0 bridgehead atoms. The van der Waals surface area contributed by atoms with Gasteiger partial charge in [0.15, 0.2) is 11.5 Å². The number of benzene rings is 2. The normalized spacial score (nSPS) is 11.6. The van der Waals surface area contributed by atoms with Crippen molar-refractivity contribution in [2.24, 2.45) is 10.2 Å². The molecular weight excluding hydrogens is 311 g/mol. The van der Waals surface area contributed by atoms with Gasteiger partial charge in [0.25, 0.3) is 0 Å². The van der Waals surface area contributed by atoms with Crippen molar-refractivity contribution in [3.05, 3.63) is 53.3 Å². The van der Waals surface area contributed by atoms with Gasteiger partial charge >= 0.3 is 0 Å². The van der Waals surface area contributed by atoms with E-state index in [1.165, 1.54) is 12.1 Å². The van der Waals surface area contributed by atoms with E-state index in [0.29, 0.717) is 23.0 Å². The minimum atomic E-state index is -0.285. The van der Waals surface area contributed by atoms with Gasteiger partial charge in [-0.25, -0.2) is 4.39 Å². The molecular formula is C18H19FN2O3. The molecule has 0 heterocycles. The summed E-state index contributed by atoms with van der Waals surface area (Å²) in [4.78, 5) is 0. The van der Waals surface area contributed by atoms with Crippen molar-refractivity contribution < 1.29 is 18.6 Å². The Morgan fingerprint density at radius 2 is 1.54 bits per heavy atom. The monoisotopic (exact) mass is 330 g/mol. The van der Waals surface area contributed by atoms with Crippen molar-refractivity contribution in [2.75, 3.05) is 21.3 Å². The zero-order chi connectivity index (χ0) is 17.5. The number of ether oxygens (including phenoxy) is 3. The van der Waals surface area contributed by atoms with Gasteiger partial charge in [0.05, 0.1) is 33.3 Å². The molecule has 2 aromatic rings. The highest BCUT2D eigenvalue weighted by Crippen LogP contribution is 2.37. The van der Waals surface area contributed by atoms with E-state index in [-0.39, 0.29) is 5.82 Å². The molecule has 0 N–H and O–H groups in total. The van der Waals surface area contributed by atoms with E-state index in [2.05, 4.69) is 10.2 Å². The zero-order valence-corrected chi connectivity index (χ0v) is 14.0. The van der Waals surface area contributed by atoms with Crippen LogP contribution in [0, 0.1) is 5.82 Å². The second-order valence-electron chi connectivity index (χ2n) is 4.90. The average molecular weight is 330 g/mol. The molecule has 0 aliphatic heterocycles. The van der Waals surface area contributed by atoms with Crippen LogP contribution in [0.3, 0.4) is 0 Å². The standard InChI is InChI=1S/C18H19FN2O3/c1-12(14-5-7-15(19)8-6-14)21-20-11-13-9-16(22-2)18(24-4)17(10-13)23-3/h5-11H,1-4H3/b20-11-,21-12-. The quantitative estimate of drug-likeness (QED) is 0.599. The van der Waals surface area contributed by atoms with Crippen molar-refractivity contribution in [1.29, 1.82) is 0 Å². The number of hydrogen-bond donors (Lipinski definition) is 0. The smallest absolute Gasteiger partial charge is 0.203 e. The maximum atomic E-state index is 12.9. The lowest BCUT2D eigenvalue weighted by molar-refractivity contribution is 0.324. The fourth-order valence-corrected chi connectivity index (χ4v) is 2.11. The molecule has 0 unspecified atom stereocenters. The molecule has 0 aliphatic rings. The first-order valence-electron chi connectivity index (χ1n) is 7.22. The molecule has 0 saturated carbocycles. The van der Waals surface area contributed by atoms with Gasteiger partial charge < -0.3 is 14.2 Å². The minimum absolute atomic E-state index is 0.285. The first-order chi connectivity index (χ1) is 11.6. The second kappa shape index (κ2) is 8.10. The topological polar surface area (TPSA) is 52.4 Å². The Morgan fingerprint density at radius 3 is 2.04 bits per heavy atom. The van der Waals surface area contributed by atoms with Crippen molar-refractivity contribution in [3.8, 4) is 17.2 Å². The summed E-state index contributed by atoms with van der Waals surface area (Å²) in [5.41, 5.74) is 2.23. The zero-order valence-electron chi connectivity index (χ0n) is 14.0. The van der Waals surface area contributed by atoms with Crippen molar-refractivity contribution in [3.63, 3.8) is 0 Å². The predicted octanol–water partition coefficient (Wildman–Crippen LogP) is 3.69. The highest BCUT2D eigenvalue weighted by Gasteiger charge is 2.12. The van der Waals surface area contributed by atoms with E-state index in [4.69, 9.17) is 14.2 Å². The Kier molecular flexibility index (Phi) is 5.89. The molecule has 0 radical (unpaired) electrons. The summed E-state index contributed by atoms with van der Waals surface area (Å²) in [6.45, 7) is 1.81. The molecule has 0 aliphatic carbocycles. The Morgan fingerprint density at radius 1 is 0.958 bits per heavy atom. The molecule has 0 atom stereocenters. The molecule has 5 nitrogen and oxygen atoms in total. The summed E-state index contributed by atoms with van der Waals surface area (Å²) in [5.74, 6) is 1.31. The van der Waals surface area contributed by atoms with Gasteiger partial charge in [-0.05, 0) is 36.8 Å². The van der Waals surface area contributed by atoms with E-state index in [0.717, 1.165) is 11.1 Å². The summed E-state index contributed by atoms with van der Waals surface area (Å²) in [6, 6.07) is 9.63. The van der Waals surface area contributed by atoms with Gasteiger partial charge in [-0.1, -0.05) is 12.1 Å². The number of methoxy groups -OCH3 is 3. The lowest BCUT2D eigenvalue weighted by Crippen LogP contribution is -1.97. The van der Waals surface area contributed by atoms with Crippen LogP contribution in [0.15, 0.2) is 46.6 Å². The Labute approximate surface area is 140 Å². The summed E-state index contributed by atoms with van der Waals surface area (Å²) < 4.78 is 28.8. The maximum Gasteiger partial charge on any atom is 0.203 e. The first kappa shape index (κ1) is 17.5. The molecule has 126 valence electrons. The Balaban J connectivity index is 2.25. The van der Waals surface area contributed by atoms with Gasteiger partial charge in [0, 0.05) is 5.56 Å². The number of halogens is 1. The highest BCUT2D eigenvalue weighted by atomic mass is 19.1. The van der Waals surface area contributed by atoms with E-state index >= 15 is 0 Å². The molecule has 0 spiro atoms. The van der Waals surface area contributed by atoms with Crippen LogP contribution in [-0.4, -0.2) is 33.3 Å². The first-order valence-corrected chi connectivity index (χ1v) is 7.22. The second-order valence-corrected chi connectivity index (χ2v) is 4.90. The fraction of sp³-hybridized carbons (Fsp3) is 0.222. The summed E-state index contributed by atoms with van der Waals surface area (Å²) in [5, 5.41) is 8.19. The number of rotatable bonds is 6. The molecule has 0 amide bonds. The third-order valence-corrected chi connectivity index (χ3v) is 3.36. The largest absolute Gasteiger partial charge is 0.493 e. The van der Waals surface area contributed by atoms with Crippen molar-refractivity contribution in [1.82, 2.24) is 0 Å². The van der Waals surface area contributed by atoms with E-state index in [9.17, 15) is 4.39 Å². The summed E-state index contributed by atoms with van der Waals surface area (Å²) >= 11 is 0. The van der Waals surface area contributed by atoms with Gasteiger partial charge in [-0.15, -0.1) is 0 Å². The van der Waals surface area contributed by atoms with Crippen LogP contribution in [0.1, 0.15) is 18.1 Å². The fourth-order valence-electron chi connectivity index (χ4n) is 2.11. The van der Waals surface area contributed by atoms with Crippen LogP contribution < -0.4 is 14.2 Å². The summed E-state index contributed by atoms with van der Waals surface area (Å²) in [7, 11) is 4.65. The van der Waals surface area contributed by atoms with Crippen LogP contribution in [0.4, 0.5) is 4.39 Å². The molecule has 0 saturated heterocycles. The summed E-state index contributed by atoms with van der Waals surface area (Å²) in [6.07, 6.45) is 1.58. The van der Waals surface area contributed by atoms with Crippen LogP contribution in [0.5, 0.6) is 17.2 Å². The molecule has 6 heteroatoms. The van der Waals surface area contributed by atoms with Crippen molar-refractivity contribution >= 4 is 11.9 Å². The van der Waals surface area contributed by atoms with Gasteiger partial charge in [0.2, 0.25) is 5.75 Å². The van der Waals surface area contributed by atoms with Crippen LogP contribution in [0.2, 0.25) is 0 Å². The van der Waals surface area contributed by atoms with Gasteiger partial charge in [-0.3, -0.25) is 0 Å². The highest BCUT2D eigenvalue weighted by molar-refractivity contribution is 5.99. The lowest BCUT2D eigenvalue weighted by Gasteiger charge is -2.12. The van der Waals surface area contributed by atoms with E-state index in [1.54, 1.807) is 58.7 Å². The lowest BCUT2D eigenvalue weighted by atomic mass is 10.1. The van der Waals surface area contributed by atoms with Crippen LogP contribution >= 0.6 is 0 Å². The Hall–Kier alpha value is -2.89. The van der Waals surface area contributed by atoms with Gasteiger partial charge in [-0.2, -0.15) is 10.2 Å². The van der Waals surface area contributed by atoms with E-state index < -0.39 is 0 Å².